The quantitative estimate of drug-likeness (QED) is 0.0750. The van der Waals surface area contributed by atoms with Crippen molar-refractivity contribution in [3.8, 4) is 22.3 Å². The molecule has 5 aromatic rings. The molecular formula is C57H81Br3N4. The number of quaternary nitrogens is 3. The zero-order valence-corrected chi connectivity index (χ0v) is 45.5. The molecule has 0 radical (unpaired) electrons. The smallest absolute Gasteiger partial charge is 0.0766 e. The number of nitrogens with zero attached hydrogens (tertiary/aromatic N) is 1. The molecule has 1 aliphatic carbocycles. The maximum atomic E-state index is 2.60. The van der Waals surface area contributed by atoms with E-state index < -0.39 is 0 Å². The van der Waals surface area contributed by atoms with E-state index in [1.54, 1.807) is 25.8 Å². The summed E-state index contributed by atoms with van der Waals surface area (Å²) in [5.74, 6) is 0. The standard InChI is InChI=1S/C57H78N4.3BrH/c1-45-22-30-50(31-23-45)61(51-32-25-47(26-33-51)21-15-9-12-18-40-58(3)4)52-34-27-48(28-35-52)49-29-37-54-53-36-24-46(2)43-55(53)57(56(54)44-49,38-16-10-13-19-41-59(5)6)39-17-11-14-20-42-60(7)8;;;/h22-37,43-44H,9-21,38-42H2,1-8H3;3*1H. The largest absolute Gasteiger partial charge is 1.00 e. The predicted molar refractivity (Wildman–Crippen MR) is 264 cm³/mol. The Bertz CT molecular complexity index is 2060. The summed E-state index contributed by atoms with van der Waals surface area (Å²) in [6, 6.07) is 42.5. The van der Waals surface area contributed by atoms with Gasteiger partial charge in [0, 0.05) is 22.5 Å². The van der Waals surface area contributed by atoms with E-state index in [9.17, 15) is 0 Å². The first-order valence-corrected chi connectivity index (χ1v) is 24.2. The molecular weight excluding hydrogens is 980 g/mol. The number of nitrogens with one attached hydrogen (secondary N) is 3. The molecule has 0 spiro atoms. The normalized spacial score (nSPS) is 12.4. The van der Waals surface area contributed by atoms with Crippen molar-refractivity contribution in [2.45, 2.75) is 116 Å². The molecule has 0 saturated heterocycles. The van der Waals surface area contributed by atoms with Crippen molar-refractivity contribution in [3.05, 3.63) is 137 Å². The maximum Gasteiger partial charge on any atom is 0.0766 e. The zero-order chi connectivity index (χ0) is 43.2. The van der Waals surface area contributed by atoms with E-state index >= 15 is 0 Å². The summed E-state index contributed by atoms with van der Waals surface area (Å²) in [7, 11) is 13.6. The van der Waals surface area contributed by atoms with Gasteiger partial charge in [-0.2, -0.15) is 0 Å². The number of unbranched alkanes of at least 4 members (excludes halogenated alkanes) is 9. The molecule has 7 heteroatoms. The molecule has 0 bridgehead atoms. The molecule has 0 aromatic heterocycles. The lowest BCUT2D eigenvalue weighted by Crippen LogP contribution is -3.05. The lowest BCUT2D eigenvalue weighted by Gasteiger charge is -2.33. The van der Waals surface area contributed by atoms with Crippen LogP contribution in [0, 0.1) is 13.8 Å². The monoisotopic (exact) mass is 1060 g/mol. The Labute approximate surface area is 421 Å². The Morgan fingerprint density at radius 2 is 0.781 bits per heavy atom. The fourth-order valence-corrected chi connectivity index (χ4v) is 9.89. The fraction of sp³-hybridized carbons (Fsp3) is 0.474. The van der Waals surface area contributed by atoms with Gasteiger partial charge in [-0.3, -0.25) is 0 Å². The van der Waals surface area contributed by atoms with Crippen molar-refractivity contribution in [1.29, 1.82) is 0 Å². The first kappa shape index (κ1) is 55.5. The summed E-state index contributed by atoms with van der Waals surface area (Å²) in [5.41, 5.74) is 16.4. The van der Waals surface area contributed by atoms with Crippen LogP contribution in [0.1, 0.15) is 118 Å². The van der Waals surface area contributed by atoms with Gasteiger partial charge in [0.25, 0.3) is 0 Å². The summed E-state index contributed by atoms with van der Waals surface area (Å²) < 4.78 is 0. The summed E-state index contributed by atoms with van der Waals surface area (Å²) in [5, 5.41) is 0. The Morgan fingerprint density at radius 3 is 1.28 bits per heavy atom. The van der Waals surface area contributed by atoms with E-state index in [1.807, 2.05) is 0 Å². The van der Waals surface area contributed by atoms with Crippen LogP contribution in [-0.4, -0.2) is 61.9 Å². The van der Waals surface area contributed by atoms with Gasteiger partial charge in [-0.05, 0) is 159 Å². The minimum absolute atomic E-state index is 0. The van der Waals surface area contributed by atoms with Crippen molar-refractivity contribution in [2.24, 2.45) is 0 Å². The molecule has 0 unspecified atom stereocenters. The van der Waals surface area contributed by atoms with Crippen LogP contribution in [0.15, 0.2) is 109 Å². The molecule has 0 saturated carbocycles. The molecule has 0 aliphatic heterocycles. The maximum absolute atomic E-state index is 2.60. The van der Waals surface area contributed by atoms with Gasteiger partial charge >= 0.3 is 0 Å². The number of halogens is 3. The average Bonchev–Trinajstić information content (AvgIpc) is 3.50. The predicted octanol–water partition coefficient (Wildman–Crippen LogP) is 1.16. The number of anilines is 3. The number of rotatable bonds is 25. The van der Waals surface area contributed by atoms with Gasteiger partial charge in [0.05, 0.1) is 61.9 Å². The molecule has 5 aromatic carbocycles. The average molecular weight is 1060 g/mol. The van der Waals surface area contributed by atoms with Gasteiger partial charge in [0.15, 0.2) is 0 Å². The lowest BCUT2D eigenvalue weighted by molar-refractivity contribution is -0.858. The SMILES string of the molecule is Cc1ccc(N(c2ccc(CCCCCC[NH+](C)C)cc2)c2ccc(-c3ccc4c(c3)C(CCCCCC[NH+](C)C)(CCCCCC[NH+](C)C)c3cc(C)ccc3-4)cc2)cc1.[Br-].[Br-].[Br-]. The number of benzene rings is 5. The highest BCUT2D eigenvalue weighted by molar-refractivity contribution is 5.85. The third-order valence-corrected chi connectivity index (χ3v) is 13.4. The minimum atomic E-state index is 0. The first-order chi connectivity index (χ1) is 29.5. The van der Waals surface area contributed by atoms with Crippen LogP contribution in [0.25, 0.3) is 22.3 Å². The van der Waals surface area contributed by atoms with Gasteiger partial charge in [-0.1, -0.05) is 110 Å². The highest BCUT2D eigenvalue weighted by Crippen LogP contribution is 2.55. The molecule has 350 valence electrons. The van der Waals surface area contributed by atoms with Crippen LogP contribution in [-0.2, 0) is 11.8 Å². The van der Waals surface area contributed by atoms with E-state index in [2.05, 4.69) is 170 Å². The topological polar surface area (TPSA) is 16.6 Å². The van der Waals surface area contributed by atoms with Gasteiger partial charge < -0.3 is 70.5 Å². The number of aryl methyl sites for hydroxylation is 3. The highest BCUT2D eigenvalue weighted by Gasteiger charge is 2.42. The van der Waals surface area contributed by atoms with E-state index in [-0.39, 0.29) is 56.4 Å². The molecule has 4 nitrogen and oxygen atoms in total. The molecule has 0 heterocycles. The van der Waals surface area contributed by atoms with Crippen LogP contribution in [0.3, 0.4) is 0 Å². The van der Waals surface area contributed by atoms with Gasteiger partial charge in [-0.25, -0.2) is 0 Å². The second-order valence-electron chi connectivity index (χ2n) is 19.6. The van der Waals surface area contributed by atoms with Crippen molar-refractivity contribution in [1.82, 2.24) is 0 Å². The van der Waals surface area contributed by atoms with Crippen molar-refractivity contribution in [2.75, 3.05) is 66.8 Å². The van der Waals surface area contributed by atoms with Gasteiger partial charge in [-0.15, -0.1) is 0 Å². The summed E-state index contributed by atoms with van der Waals surface area (Å²) >= 11 is 0. The fourth-order valence-electron chi connectivity index (χ4n) is 9.89. The molecule has 1 aliphatic rings. The Hall–Kier alpha value is -2.78. The number of fused-ring (bicyclic) bond motifs is 3. The summed E-state index contributed by atoms with van der Waals surface area (Å²) in [6.07, 6.45) is 19.3. The van der Waals surface area contributed by atoms with E-state index in [0.29, 0.717) is 0 Å². The van der Waals surface area contributed by atoms with Crippen LogP contribution >= 0.6 is 0 Å². The van der Waals surface area contributed by atoms with E-state index in [0.717, 1.165) is 6.42 Å². The first-order valence-electron chi connectivity index (χ1n) is 24.2. The van der Waals surface area contributed by atoms with Crippen LogP contribution in [0.2, 0.25) is 0 Å². The summed E-state index contributed by atoms with van der Waals surface area (Å²) in [6.45, 7) is 8.26. The Kier molecular flexibility index (Phi) is 24.1. The van der Waals surface area contributed by atoms with Gasteiger partial charge in [0.1, 0.15) is 0 Å². The zero-order valence-electron chi connectivity index (χ0n) is 40.7. The van der Waals surface area contributed by atoms with Crippen LogP contribution in [0.5, 0.6) is 0 Å². The lowest BCUT2D eigenvalue weighted by atomic mass is 9.70. The van der Waals surface area contributed by atoms with Crippen molar-refractivity contribution < 1.29 is 65.6 Å². The molecule has 0 atom stereocenters. The number of hydrogen-bond acceptors (Lipinski definition) is 1. The van der Waals surface area contributed by atoms with E-state index in [4.69, 9.17) is 0 Å². The Balaban J connectivity index is 0.00000363. The van der Waals surface area contributed by atoms with E-state index in [1.165, 1.54) is 166 Å². The van der Waals surface area contributed by atoms with Crippen LogP contribution in [0.4, 0.5) is 17.1 Å². The number of hydrogen-bond donors (Lipinski definition) is 3. The second kappa shape index (κ2) is 27.8. The second-order valence-corrected chi connectivity index (χ2v) is 19.6. The highest BCUT2D eigenvalue weighted by atomic mass is 79.9. The van der Waals surface area contributed by atoms with Crippen molar-refractivity contribution >= 4 is 17.1 Å². The molecule has 6 rings (SSSR count). The van der Waals surface area contributed by atoms with Gasteiger partial charge in [0.2, 0.25) is 0 Å². The third kappa shape index (κ3) is 15.4. The van der Waals surface area contributed by atoms with Crippen LogP contribution < -0.4 is 70.5 Å². The molecule has 3 N–H and O–H groups in total. The molecule has 0 fully saturated rings. The minimum Gasteiger partial charge on any atom is -1.00 e. The van der Waals surface area contributed by atoms with Crippen molar-refractivity contribution in [3.63, 3.8) is 0 Å². The Morgan fingerprint density at radius 1 is 0.391 bits per heavy atom. The summed E-state index contributed by atoms with van der Waals surface area (Å²) in [4.78, 5) is 7.10. The molecule has 64 heavy (non-hydrogen) atoms. The third-order valence-electron chi connectivity index (χ3n) is 13.4. The molecule has 0 amide bonds.